The van der Waals surface area contributed by atoms with Gasteiger partial charge in [0.2, 0.25) is 0 Å². The highest BCUT2D eigenvalue weighted by molar-refractivity contribution is 9.10. The molecule has 0 amide bonds. The Morgan fingerprint density at radius 3 is 2.65 bits per heavy atom. The third-order valence-corrected chi connectivity index (χ3v) is 4.20. The van der Waals surface area contributed by atoms with Crippen LogP contribution in [0.4, 0.5) is 0 Å². The summed E-state index contributed by atoms with van der Waals surface area (Å²) in [6.07, 6.45) is 2.55. The van der Waals surface area contributed by atoms with Crippen molar-refractivity contribution in [3.63, 3.8) is 0 Å². The van der Waals surface area contributed by atoms with E-state index in [2.05, 4.69) is 64.5 Å². The molecule has 3 heteroatoms. The number of nitrogens with one attached hydrogen (secondary N) is 1. The molecular weight excluding hydrogens is 276 g/mol. The van der Waals surface area contributed by atoms with Crippen LogP contribution in [0.25, 0.3) is 0 Å². The molecule has 1 N–H and O–H groups in total. The van der Waals surface area contributed by atoms with Crippen molar-refractivity contribution in [2.24, 2.45) is 0 Å². The van der Waals surface area contributed by atoms with Gasteiger partial charge in [0.25, 0.3) is 0 Å². The van der Waals surface area contributed by atoms with Crippen molar-refractivity contribution >= 4 is 15.9 Å². The highest BCUT2D eigenvalue weighted by atomic mass is 79.9. The Hall–Kier alpha value is -0.380. The highest BCUT2D eigenvalue weighted by Gasteiger charge is 2.30. The molecule has 1 aliphatic carbocycles. The lowest BCUT2D eigenvalue weighted by molar-refractivity contribution is 0.277. The summed E-state index contributed by atoms with van der Waals surface area (Å²) in [4.78, 5) is 2.22. The summed E-state index contributed by atoms with van der Waals surface area (Å²) in [5.41, 5.74) is 1.47. The highest BCUT2D eigenvalue weighted by Crippen LogP contribution is 2.39. The number of hydrogen-bond donors (Lipinski definition) is 1. The number of nitrogens with zero attached hydrogens (tertiary/aromatic N) is 1. The smallest absolute Gasteiger partial charge is 0.0210 e. The summed E-state index contributed by atoms with van der Waals surface area (Å²) in [5, 5.41) is 3.61. The van der Waals surface area contributed by atoms with Crippen molar-refractivity contribution < 1.29 is 0 Å². The third-order valence-electron chi connectivity index (χ3n) is 3.48. The van der Waals surface area contributed by atoms with Crippen LogP contribution in [0.1, 0.15) is 24.3 Å². The van der Waals surface area contributed by atoms with Crippen LogP contribution in [0, 0.1) is 0 Å². The normalized spacial score (nSPS) is 23.8. The molecular formula is C14H21BrN2. The Morgan fingerprint density at radius 2 is 2.00 bits per heavy atom. The molecule has 1 aromatic carbocycles. The quantitative estimate of drug-likeness (QED) is 0.899. The number of benzene rings is 1. The van der Waals surface area contributed by atoms with Crippen LogP contribution in [0.5, 0.6) is 0 Å². The van der Waals surface area contributed by atoms with Crippen molar-refractivity contribution in [3.05, 3.63) is 34.3 Å². The van der Waals surface area contributed by atoms with E-state index in [1.807, 2.05) is 0 Å². The number of halogens is 1. The molecule has 0 atom stereocenters. The van der Waals surface area contributed by atoms with E-state index in [1.54, 1.807) is 0 Å². The van der Waals surface area contributed by atoms with Gasteiger partial charge in [-0.1, -0.05) is 34.1 Å². The molecule has 2 rings (SSSR count). The fraction of sp³-hybridized carbons (Fsp3) is 0.571. The van der Waals surface area contributed by atoms with Crippen LogP contribution in [0.3, 0.4) is 0 Å². The summed E-state index contributed by atoms with van der Waals surface area (Å²) in [7, 11) is 4.23. The van der Waals surface area contributed by atoms with E-state index in [4.69, 9.17) is 0 Å². The van der Waals surface area contributed by atoms with E-state index in [9.17, 15) is 0 Å². The van der Waals surface area contributed by atoms with Gasteiger partial charge in [0.15, 0.2) is 0 Å². The van der Waals surface area contributed by atoms with Gasteiger partial charge >= 0.3 is 0 Å². The Morgan fingerprint density at radius 1 is 1.29 bits per heavy atom. The van der Waals surface area contributed by atoms with Crippen LogP contribution in [-0.2, 0) is 0 Å². The molecule has 2 nitrogen and oxygen atoms in total. The van der Waals surface area contributed by atoms with Crippen molar-refractivity contribution in [1.82, 2.24) is 10.2 Å². The molecule has 0 spiro atoms. The lowest BCUT2D eigenvalue weighted by Crippen LogP contribution is -2.42. The molecule has 1 aliphatic rings. The van der Waals surface area contributed by atoms with E-state index in [1.165, 1.54) is 22.9 Å². The number of hydrogen-bond acceptors (Lipinski definition) is 2. The van der Waals surface area contributed by atoms with E-state index in [-0.39, 0.29) is 0 Å². The van der Waals surface area contributed by atoms with Crippen LogP contribution in [0.2, 0.25) is 0 Å². The number of likely N-dealkylation sites (N-methyl/N-ethyl adjacent to an activating group) is 1. The van der Waals surface area contributed by atoms with Gasteiger partial charge in [-0.3, -0.25) is 0 Å². The van der Waals surface area contributed by atoms with Gasteiger partial charge in [-0.2, -0.15) is 0 Å². The maximum Gasteiger partial charge on any atom is 0.0210 e. The summed E-state index contributed by atoms with van der Waals surface area (Å²) in [5.74, 6) is 0.738. The molecule has 0 saturated heterocycles. The molecule has 0 unspecified atom stereocenters. The second kappa shape index (κ2) is 5.98. The van der Waals surface area contributed by atoms with Gasteiger partial charge in [0, 0.05) is 23.6 Å². The molecule has 0 bridgehead atoms. The van der Waals surface area contributed by atoms with Gasteiger partial charge in [0.1, 0.15) is 0 Å². The maximum absolute atomic E-state index is 3.64. The Labute approximate surface area is 113 Å². The fourth-order valence-electron chi connectivity index (χ4n) is 2.34. The Bertz CT molecular complexity index is 359. The minimum atomic E-state index is 0.715. The molecule has 17 heavy (non-hydrogen) atoms. The molecule has 0 aliphatic heterocycles. The van der Waals surface area contributed by atoms with Gasteiger partial charge in [-0.05, 0) is 44.5 Å². The monoisotopic (exact) mass is 296 g/mol. The SMILES string of the molecule is CN(C)CCNC1CC(c2ccccc2Br)C1. The van der Waals surface area contributed by atoms with Crippen molar-refractivity contribution in [1.29, 1.82) is 0 Å². The average molecular weight is 297 g/mol. The summed E-state index contributed by atoms with van der Waals surface area (Å²) in [6, 6.07) is 9.31. The van der Waals surface area contributed by atoms with E-state index in [0.29, 0.717) is 6.04 Å². The molecule has 0 radical (unpaired) electrons. The van der Waals surface area contributed by atoms with Crippen LogP contribution < -0.4 is 5.32 Å². The zero-order chi connectivity index (χ0) is 12.3. The topological polar surface area (TPSA) is 15.3 Å². The van der Waals surface area contributed by atoms with E-state index in [0.717, 1.165) is 19.0 Å². The summed E-state index contributed by atoms with van der Waals surface area (Å²) < 4.78 is 1.26. The fourth-order valence-corrected chi connectivity index (χ4v) is 2.95. The Kier molecular flexibility index (Phi) is 4.60. The van der Waals surface area contributed by atoms with E-state index >= 15 is 0 Å². The van der Waals surface area contributed by atoms with Gasteiger partial charge in [-0.15, -0.1) is 0 Å². The largest absolute Gasteiger partial charge is 0.313 e. The first-order chi connectivity index (χ1) is 8.16. The van der Waals surface area contributed by atoms with Crippen LogP contribution in [-0.4, -0.2) is 38.1 Å². The third kappa shape index (κ3) is 3.54. The van der Waals surface area contributed by atoms with Crippen LogP contribution >= 0.6 is 15.9 Å². The second-order valence-electron chi connectivity index (χ2n) is 5.14. The first kappa shape index (κ1) is 13.1. The molecule has 1 saturated carbocycles. The average Bonchev–Trinajstić information content (AvgIpc) is 2.23. The van der Waals surface area contributed by atoms with E-state index < -0.39 is 0 Å². The van der Waals surface area contributed by atoms with Crippen LogP contribution in [0.15, 0.2) is 28.7 Å². The molecule has 0 heterocycles. The molecule has 94 valence electrons. The van der Waals surface area contributed by atoms with Crippen molar-refractivity contribution in [2.75, 3.05) is 27.2 Å². The predicted molar refractivity (Wildman–Crippen MR) is 76.5 cm³/mol. The molecule has 1 aromatic rings. The first-order valence-corrected chi connectivity index (χ1v) is 7.08. The number of rotatable bonds is 5. The lowest BCUT2D eigenvalue weighted by atomic mass is 9.76. The minimum Gasteiger partial charge on any atom is -0.313 e. The second-order valence-corrected chi connectivity index (χ2v) is 6.00. The Balaban J connectivity index is 1.74. The zero-order valence-corrected chi connectivity index (χ0v) is 12.2. The van der Waals surface area contributed by atoms with Crippen molar-refractivity contribution in [3.8, 4) is 0 Å². The lowest BCUT2D eigenvalue weighted by Gasteiger charge is -2.37. The minimum absolute atomic E-state index is 0.715. The van der Waals surface area contributed by atoms with Gasteiger partial charge < -0.3 is 10.2 Å². The standard InChI is InChI=1S/C14H21BrN2/c1-17(2)8-7-16-12-9-11(10-12)13-5-3-4-6-14(13)15/h3-6,11-12,16H,7-10H2,1-2H3. The summed E-state index contributed by atoms with van der Waals surface area (Å²) >= 11 is 3.64. The molecule has 1 fully saturated rings. The first-order valence-electron chi connectivity index (χ1n) is 6.29. The maximum atomic E-state index is 3.64. The predicted octanol–water partition coefficient (Wildman–Crippen LogP) is 2.85. The zero-order valence-electron chi connectivity index (χ0n) is 10.6. The molecule has 0 aromatic heterocycles. The van der Waals surface area contributed by atoms with Gasteiger partial charge in [-0.25, -0.2) is 0 Å². The summed E-state index contributed by atoms with van der Waals surface area (Å²) in [6.45, 7) is 2.22. The van der Waals surface area contributed by atoms with Gasteiger partial charge in [0.05, 0.1) is 0 Å². The van der Waals surface area contributed by atoms with Crippen molar-refractivity contribution in [2.45, 2.75) is 24.8 Å².